The van der Waals surface area contributed by atoms with E-state index in [1.165, 1.54) is 10.5 Å². The van der Waals surface area contributed by atoms with Crippen molar-refractivity contribution in [2.45, 2.75) is 39.8 Å². The Morgan fingerprint density at radius 2 is 1.47 bits per heavy atom. The molecule has 1 aliphatic heterocycles. The van der Waals surface area contributed by atoms with Crippen molar-refractivity contribution in [2.75, 3.05) is 19.6 Å². The van der Waals surface area contributed by atoms with Gasteiger partial charge in [-0.25, -0.2) is 0 Å². The van der Waals surface area contributed by atoms with Gasteiger partial charge >= 0.3 is 5.97 Å². The van der Waals surface area contributed by atoms with Crippen LogP contribution in [0.25, 0.3) is 0 Å². The molecule has 6 heteroatoms. The maximum atomic E-state index is 12.3. The molecule has 0 saturated carbocycles. The Balaban J connectivity index is 1.40. The maximum Gasteiger partial charge on any atom is 0.306 e. The van der Waals surface area contributed by atoms with E-state index in [1.54, 1.807) is 24.3 Å². The molecule has 0 fully saturated rings. The van der Waals surface area contributed by atoms with E-state index in [9.17, 15) is 14.4 Å². The lowest BCUT2D eigenvalue weighted by atomic mass is 10.1. The van der Waals surface area contributed by atoms with Gasteiger partial charge in [-0.15, -0.1) is 0 Å². The summed E-state index contributed by atoms with van der Waals surface area (Å²) in [7, 11) is 0. The molecule has 0 atom stereocenters. The molecule has 0 bridgehead atoms. The lowest BCUT2D eigenvalue weighted by Crippen LogP contribution is -2.31. The highest BCUT2D eigenvalue weighted by Crippen LogP contribution is 2.22. The minimum Gasteiger partial charge on any atom is -0.461 e. The highest BCUT2D eigenvalue weighted by atomic mass is 16.5. The summed E-state index contributed by atoms with van der Waals surface area (Å²) < 4.78 is 5.33. The number of carbonyl (C=O) groups is 3. The molecule has 1 heterocycles. The second-order valence-corrected chi connectivity index (χ2v) is 7.35. The molecule has 2 aromatic carbocycles. The van der Waals surface area contributed by atoms with Crippen LogP contribution >= 0.6 is 0 Å². The largest absolute Gasteiger partial charge is 0.461 e. The Hall–Kier alpha value is -2.99. The van der Waals surface area contributed by atoms with Crippen molar-refractivity contribution in [3.05, 3.63) is 70.8 Å². The zero-order valence-electron chi connectivity index (χ0n) is 17.6. The van der Waals surface area contributed by atoms with Crippen LogP contribution in [-0.2, 0) is 22.7 Å². The number of fused-ring (bicyclic) bond motifs is 1. The van der Waals surface area contributed by atoms with Crippen LogP contribution in [0.1, 0.15) is 58.5 Å². The van der Waals surface area contributed by atoms with Gasteiger partial charge in [-0.1, -0.05) is 50.2 Å². The molecular weight excluding hydrogens is 380 g/mol. The fourth-order valence-electron chi connectivity index (χ4n) is 3.51. The van der Waals surface area contributed by atoms with Gasteiger partial charge in [0.05, 0.1) is 11.1 Å². The van der Waals surface area contributed by atoms with Gasteiger partial charge in [0.2, 0.25) is 0 Å². The monoisotopic (exact) mass is 408 g/mol. The van der Waals surface area contributed by atoms with E-state index in [1.807, 2.05) is 12.1 Å². The first-order valence-corrected chi connectivity index (χ1v) is 10.4. The summed E-state index contributed by atoms with van der Waals surface area (Å²) in [6.07, 6.45) is 0.542. The van der Waals surface area contributed by atoms with Crippen LogP contribution in [0.5, 0.6) is 0 Å². The smallest absolute Gasteiger partial charge is 0.306 e. The molecule has 30 heavy (non-hydrogen) atoms. The number of rotatable bonds is 10. The van der Waals surface area contributed by atoms with Gasteiger partial charge in [0.25, 0.3) is 11.8 Å². The average Bonchev–Trinajstić information content (AvgIpc) is 3.02. The number of hydrogen-bond donors (Lipinski definition) is 0. The molecule has 6 nitrogen and oxygen atoms in total. The Morgan fingerprint density at radius 1 is 0.900 bits per heavy atom. The lowest BCUT2D eigenvalue weighted by molar-refractivity contribution is -0.145. The normalized spacial score (nSPS) is 13.1. The second-order valence-electron chi connectivity index (χ2n) is 7.35. The van der Waals surface area contributed by atoms with Crippen molar-refractivity contribution in [1.82, 2.24) is 9.80 Å². The molecule has 2 aromatic rings. The number of nitrogens with zero attached hydrogens (tertiary/aromatic N) is 2. The predicted molar refractivity (Wildman–Crippen MR) is 114 cm³/mol. The third-order valence-electron chi connectivity index (χ3n) is 5.36. The summed E-state index contributed by atoms with van der Waals surface area (Å²) in [5.41, 5.74) is 3.02. The van der Waals surface area contributed by atoms with E-state index < -0.39 is 0 Å². The number of esters is 1. The Bertz CT molecular complexity index is 869. The van der Waals surface area contributed by atoms with Gasteiger partial charge in [0.1, 0.15) is 6.61 Å². The summed E-state index contributed by atoms with van der Waals surface area (Å²) in [6, 6.07) is 14.8. The first-order chi connectivity index (χ1) is 14.5. The average molecular weight is 408 g/mol. The molecule has 0 N–H and O–H groups in total. The first-order valence-electron chi connectivity index (χ1n) is 10.4. The van der Waals surface area contributed by atoms with Crippen LogP contribution in [0, 0.1) is 0 Å². The van der Waals surface area contributed by atoms with E-state index in [0.717, 1.165) is 25.2 Å². The second kappa shape index (κ2) is 10.2. The number of imide groups is 1. The zero-order valence-corrected chi connectivity index (χ0v) is 17.6. The molecule has 158 valence electrons. The Morgan fingerprint density at radius 3 is 2.03 bits per heavy atom. The van der Waals surface area contributed by atoms with Crippen molar-refractivity contribution in [3.8, 4) is 0 Å². The molecule has 0 spiro atoms. The highest BCUT2D eigenvalue weighted by Gasteiger charge is 2.34. The van der Waals surface area contributed by atoms with Gasteiger partial charge in [0.15, 0.2) is 0 Å². The van der Waals surface area contributed by atoms with E-state index in [-0.39, 0.29) is 37.4 Å². The summed E-state index contributed by atoms with van der Waals surface area (Å²) in [4.78, 5) is 40.2. The van der Waals surface area contributed by atoms with Crippen LogP contribution in [0.2, 0.25) is 0 Å². The lowest BCUT2D eigenvalue weighted by Gasteiger charge is -2.18. The highest BCUT2D eigenvalue weighted by molar-refractivity contribution is 6.21. The van der Waals surface area contributed by atoms with Gasteiger partial charge in [-0.3, -0.25) is 24.2 Å². The molecule has 1 aliphatic rings. The minimum atomic E-state index is -0.334. The van der Waals surface area contributed by atoms with E-state index in [0.29, 0.717) is 17.5 Å². The molecule has 0 radical (unpaired) electrons. The van der Waals surface area contributed by atoms with Crippen LogP contribution in [-0.4, -0.2) is 47.2 Å². The number of ether oxygens (including phenoxy) is 1. The van der Waals surface area contributed by atoms with Crippen molar-refractivity contribution in [2.24, 2.45) is 0 Å². The molecule has 0 saturated heterocycles. The third-order valence-corrected chi connectivity index (χ3v) is 5.36. The van der Waals surface area contributed by atoms with E-state index in [4.69, 9.17) is 4.74 Å². The number of amides is 2. The predicted octanol–water partition coefficient (Wildman–Crippen LogP) is 3.65. The van der Waals surface area contributed by atoms with Crippen LogP contribution in [0.3, 0.4) is 0 Å². The Kier molecular flexibility index (Phi) is 7.36. The van der Waals surface area contributed by atoms with Crippen molar-refractivity contribution in [3.63, 3.8) is 0 Å². The Labute approximate surface area is 177 Å². The fraction of sp³-hybridized carbons (Fsp3) is 0.375. The van der Waals surface area contributed by atoms with Crippen molar-refractivity contribution >= 4 is 17.8 Å². The van der Waals surface area contributed by atoms with Crippen LogP contribution < -0.4 is 0 Å². The minimum absolute atomic E-state index is 0.160. The molecule has 2 amide bonds. The summed E-state index contributed by atoms with van der Waals surface area (Å²) in [5.74, 6) is -0.929. The van der Waals surface area contributed by atoms with E-state index in [2.05, 4.69) is 30.9 Å². The van der Waals surface area contributed by atoms with Gasteiger partial charge in [-0.2, -0.15) is 0 Å². The molecule has 3 rings (SSSR count). The SMILES string of the molecule is CCN(CC)Cc1ccc(COC(=O)CCCN2C(=O)c3ccccc3C2=O)cc1. The number of hydrogen-bond acceptors (Lipinski definition) is 5. The van der Waals surface area contributed by atoms with E-state index >= 15 is 0 Å². The topological polar surface area (TPSA) is 66.9 Å². The number of benzene rings is 2. The third kappa shape index (κ3) is 5.13. The number of carbonyl (C=O) groups excluding carboxylic acids is 3. The fourth-order valence-corrected chi connectivity index (χ4v) is 3.51. The molecule has 0 aromatic heterocycles. The van der Waals surface area contributed by atoms with Crippen LogP contribution in [0.4, 0.5) is 0 Å². The van der Waals surface area contributed by atoms with Crippen LogP contribution in [0.15, 0.2) is 48.5 Å². The summed E-state index contributed by atoms with van der Waals surface area (Å²) >= 11 is 0. The zero-order chi connectivity index (χ0) is 21.5. The van der Waals surface area contributed by atoms with Crippen molar-refractivity contribution in [1.29, 1.82) is 0 Å². The summed E-state index contributed by atoms with van der Waals surface area (Å²) in [5, 5.41) is 0. The standard InChI is InChI=1S/C24H28N2O4/c1-3-25(4-2)16-18-11-13-19(14-12-18)17-30-22(27)10-7-15-26-23(28)20-8-5-6-9-21(20)24(26)29/h5-6,8-9,11-14H,3-4,7,10,15-17H2,1-2H3. The first kappa shape index (κ1) is 21.7. The molecule has 0 unspecified atom stereocenters. The summed E-state index contributed by atoms with van der Waals surface area (Å²) in [6.45, 7) is 7.65. The molecule has 0 aliphatic carbocycles. The van der Waals surface area contributed by atoms with Crippen molar-refractivity contribution < 1.29 is 19.1 Å². The quantitative estimate of drug-likeness (QED) is 0.443. The maximum absolute atomic E-state index is 12.3. The van der Waals surface area contributed by atoms with Gasteiger partial charge in [-0.05, 0) is 42.8 Å². The van der Waals surface area contributed by atoms with Gasteiger partial charge < -0.3 is 4.74 Å². The molecular formula is C24H28N2O4. The van der Waals surface area contributed by atoms with Gasteiger partial charge in [0, 0.05) is 19.5 Å².